The standard InChI is InChI=1S/C21H36O3/c1-13(2)16(22)19(7)10-20(8,17(23)14(3)4)12-21(9,11-19)18(24)15(5)6/h13-15H,10-12H2,1-9H3/t19-,20+,21-. The smallest absolute Gasteiger partial charge is 0.141 e. The molecule has 0 atom stereocenters. The molecule has 3 heteroatoms. The lowest BCUT2D eigenvalue weighted by atomic mass is 9.49. The summed E-state index contributed by atoms with van der Waals surface area (Å²) in [4.78, 5) is 38.9. The minimum atomic E-state index is -0.620. The minimum Gasteiger partial charge on any atom is -0.299 e. The van der Waals surface area contributed by atoms with Crippen LogP contribution >= 0.6 is 0 Å². The second-order valence-electron chi connectivity index (χ2n) is 9.77. The average molecular weight is 337 g/mol. The van der Waals surface area contributed by atoms with Crippen LogP contribution in [0.5, 0.6) is 0 Å². The lowest BCUT2D eigenvalue weighted by molar-refractivity contribution is -0.155. The van der Waals surface area contributed by atoms with E-state index in [0.717, 1.165) is 0 Å². The topological polar surface area (TPSA) is 51.2 Å². The summed E-state index contributed by atoms with van der Waals surface area (Å²) in [7, 11) is 0. The van der Waals surface area contributed by atoms with Gasteiger partial charge in [0.2, 0.25) is 0 Å². The van der Waals surface area contributed by atoms with Crippen molar-refractivity contribution < 1.29 is 14.4 Å². The van der Waals surface area contributed by atoms with Crippen LogP contribution in [0.15, 0.2) is 0 Å². The molecule has 3 nitrogen and oxygen atoms in total. The van der Waals surface area contributed by atoms with Gasteiger partial charge in [0.05, 0.1) is 0 Å². The molecule has 138 valence electrons. The Kier molecular flexibility index (Phi) is 5.90. The van der Waals surface area contributed by atoms with E-state index in [2.05, 4.69) is 0 Å². The van der Waals surface area contributed by atoms with Gasteiger partial charge in [-0.3, -0.25) is 14.4 Å². The number of hydrogen-bond acceptors (Lipinski definition) is 3. The highest BCUT2D eigenvalue weighted by atomic mass is 16.1. The van der Waals surface area contributed by atoms with Crippen molar-refractivity contribution in [3.63, 3.8) is 0 Å². The van der Waals surface area contributed by atoms with Gasteiger partial charge >= 0.3 is 0 Å². The number of carbonyl (C=O) groups excluding carboxylic acids is 3. The quantitative estimate of drug-likeness (QED) is 0.695. The zero-order chi connectivity index (χ0) is 19.1. The van der Waals surface area contributed by atoms with Crippen LogP contribution in [0.2, 0.25) is 0 Å². The highest BCUT2D eigenvalue weighted by Gasteiger charge is 2.57. The van der Waals surface area contributed by atoms with Crippen molar-refractivity contribution in [3.05, 3.63) is 0 Å². The molecule has 0 aliphatic heterocycles. The molecule has 1 aliphatic carbocycles. The second-order valence-corrected chi connectivity index (χ2v) is 9.77. The van der Waals surface area contributed by atoms with Gasteiger partial charge in [-0.15, -0.1) is 0 Å². The molecule has 1 rings (SSSR count). The minimum absolute atomic E-state index is 0.0927. The third kappa shape index (κ3) is 3.81. The summed E-state index contributed by atoms with van der Waals surface area (Å²) < 4.78 is 0. The molecule has 0 aromatic carbocycles. The predicted octanol–water partition coefficient (Wildman–Crippen LogP) is 4.86. The van der Waals surface area contributed by atoms with Crippen LogP contribution in [-0.2, 0) is 14.4 Å². The lowest BCUT2D eigenvalue weighted by Gasteiger charge is -2.52. The van der Waals surface area contributed by atoms with Crippen molar-refractivity contribution in [3.8, 4) is 0 Å². The Labute approximate surface area is 148 Å². The van der Waals surface area contributed by atoms with Crippen LogP contribution in [0.1, 0.15) is 81.6 Å². The van der Waals surface area contributed by atoms with Crippen molar-refractivity contribution in [2.45, 2.75) is 81.6 Å². The third-order valence-corrected chi connectivity index (χ3v) is 5.70. The van der Waals surface area contributed by atoms with Gasteiger partial charge < -0.3 is 0 Å². The van der Waals surface area contributed by atoms with E-state index in [1.807, 2.05) is 62.3 Å². The molecule has 0 amide bonds. The Bertz CT molecular complexity index is 443. The normalized spacial score (nSPS) is 34.0. The number of ketones is 3. The summed E-state index contributed by atoms with van der Waals surface area (Å²) >= 11 is 0. The van der Waals surface area contributed by atoms with Crippen LogP contribution in [0.25, 0.3) is 0 Å². The van der Waals surface area contributed by atoms with Gasteiger partial charge in [-0.25, -0.2) is 0 Å². The maximum Gasteiger partial charge on any atom is 0.141 e. The molecule has 0 radical (unpaired) electrons. The Balaban J connectivity index is 3.44. The summed E-state index contributed by atoms with van der Waals surface area (Å²) in [6.45, 7) is 17.3. The Morgan fingerprint density at radius 3 is 0.833 bits per heavy atom. The molecular weight excluding hydrogens is 300 g/mol. The maximum absolute atomic E-state index is 13.0. The molecular formula is C21H36O3. The molecule has 0 bridgehead atoms. The van der Waals surface area contributed by atoms with E-state index in [0.29, 0.717) is 19.3 Å². The first-order valence-electron chi connectivity index (χ1n) is 9.31. The van der Waals surface area contributed by atoms with E-state index in [1.165, 1.54) is 0 Å². The molecule has 0 saturated heterocycles. The maximum atomic E-state index is 13.0. The van der Waals surface area contributed by atoms with Crippen LogP contribution < -0.4 is 0 Å². The van der Waals surface area contributed by atoms with E-state index >= 15 is 0 Å². The number of carbonyl (C=O) groups is 3. The Hall–Kier alpha value is -0.990. The van der Waals surface area contributed by atoms with Gasteiger partial charge in [0.25, 0.3) is 0 Å². The first-order chi connectivity index (χ1) is 10.7. The van der Waals surface area contributed by atoms with E-state index in [1.54, 1.807) is 0 Å². The molecule has 0 spiro atoms. The van der Waals surface area contributed by atoms with E-state index in [4.69, 9.17) is 0 Å². The largest absolute Gasteiger partial charge is 0.299 e. The van der Waals surface area contributed by atoms with Crippen LogP contribution in [-0.4, -0.2) is 17.3 Å². The molecule has 0 heterocycles. The zero-order valence-electron chi connectivity index (χ0n) is 17.1. The number of Topliss-reactive ketones (excluding diaryl/α,β-unsaturated/α-hetero) is 3. The zero-order valence-corrected chi connectivity index (χ0v) is 17.1. The predicted molar refractivity (Wildman–Crippen MR) is 97.7 cm³/mol. The summed E-state index contributed by atoms with van der Waals surface area (Å²) in [6.07, 6.45) is 1.65. The van der Waals surface area contributed by atoms with Gasteiger partial charge in [-0.05, 0) is 19.3 Å². The fourth-order valence-corrected chi connectivity index (χ4v) is 5.38. The monoisotopic (exact) mass is 336 g/mol. The number of rotatable bonds is 6. The fraction of sp³-hybridized carbons (Fsp3) is 0.857. The van der Waals surface area contributed by atoms with Gasteiger partial charge in [-0.1, -0.05) is 62.3 Å². The van der Waals surface area contributed by atoms with Crippen LogP contribution in [0, 0.1) is 34.0 Å². The molecule has 1 saturated carbocycles. The molecule has 0 N–H and O–H groups in total. The second kappa shape index (κ2) is 6.72. The van der Waals surface area contributed by atoms with Gasteiger partial charge in [0, 0.05) is 34.0 Å². The summed E-state index contributed by atoms with van der Waals surface area (Å²) in [5.41, 5.74) is -1.86. The molecule has 1 fully saturated rings. The van der Waals surface area contributed by atoms with Crippen molar-refractivity contribution in [2.24, 2.45) is 34.0 Å². The van der Waals surface area contributed by atoms with Gasteiger partial charge in [0.15, 0.2) is 0 Å². The van der Waals surface area contributed by atoms with Crippen molar-refractivity contribution in [1.29, 1.82) is 0 Å². The Morgan fingerprint density at radius 1 is 0.542 bits per heavy atom. The summed E-state index contributed by atoms with van der Waals surface area (Å²) in [6, 6.07) is 0. The SMILES string of the molecule is CC(C)C(=O)[C@]1(C)C[C@](C)(C(=O)C(C)C)C[C@](C)(C(=O)C(C)C)C1. The van der Waals surface area contributed by atoms with Crippen molar-refractivity contribution >= 4 is 17.3 Å². The highest BCUT2D eigenvalue weighted by molar-refractivity contribution is 5.94. The third-order valence-electron chi connectivity index (χ3n) is 5.70. The summed E-state index contributed by atoms with van der Waals surface area (Å²) in [5.74, 6) is 0.244. The molecule has 0 unspecified atom stereocenters. The van der Waals surface area contributed by atoms with Gasteiger partial charge in [-0.2, -0.15) is 0 Å². The fourth-order valence-electron chi connectivity index (χ4n) is 5.38. The first kappa shape index (κ1) is 21.1. The van der Waals surface area contributed by atoms with E-state index in [-0.39, 0.29) is 35.1 Å². The van der Waals surface area contributed by atoms with Crippen molar-refractivity contribution in [2.75, 3.05) is 0 Å². The molecule has 0 aromatic heterocycles. The summed E-state index contributed by atoms with van der Waals surface area (Å²) in [5, 5.41) is 0. The Morgan fingerprint density at radius 2 is 0.708 bits per heavy atom. The number of hydrogen-bond donors (Lipinski definition) is 0. The first-order valence-corrected chi connectivity index (χ1v) is 9.31. The molecule has 24 heavy (non-hydrogen) atoms. The van der Waals surface area contributed by atoms with Crippen LogP contribution in [0.3, 0.4) is 0 Å². The van der Waals surface area contributed by atoms with Gasteiger partial charge in [0.1, 0.15) is 17.3 Å². The molecule has 0 aromatic rings. The van der Waals surface area contributed by atoms with Crippen LogP contribution in [0.4, 0.5) is 0 Å². The van der Waals surface area contributed by atoms with E-state index in [9.17, 15) is 14.4 Å². The lowest BCUT2D eigenvalue weighted by Crippen LogP contribution is -2.53. The van der Waals surface area contributed by atoms with Crippen molar-refractivity contribution in [1.82, 2.24) is 0 Å². The van der Waals surface area contributed by atoms with E-state index < -0.39 is 16.2 Å². The highest BCUT2D eigenvalue weighted by Crippen LogP contribution is 2.57. The average Bonchev–Trinajstić information content (AvgIpc) is 2.42. The molecule has 1 aliphatic rings.